The van der Waals surface area contributed by atoms with Crippen LogP contribution < -0.4 is 0 Å². The molecule has 0 bridgehead atoms. The number of rotatable bonds is 3. The average Bonchev–Trinajstić information content (AvgIpc) is 2.75. The zero-order valence-electron chi connectivity index (χ0n) is 7.66. The second kappa shape index (κ2) is 4.69. The number of halogens is 1. The predicted octanol–water partition coefficient (Wildman–Crippen LogP) is 3.27. The lowest BCUT2D eigenvalue weighted by atomic mass is 10.0. The highest BCUT2D eigenvalue weighted by molar-refractivity contribution is 7.99. The number of hydrogen-bond donors (Lipinski definition) is 0. The number of carbonyl (C=O) groups is 1. The third-order valence-corrected chi connectivity index (χ3v) is 4.76. The highest BCUT2D eigenvalue weighted by Crippen LogP contribution is 2.27. The summed E-state index contributed by atoms with van der Waals surface area (Å²) in [6, 6.07) is 3.81. The molecule has 1 aromatic rings. The lowest BCUT2D eigenvalue weighted by Gasteiger charge is -2.04. The van der Waals surface area contributed by atoms with Crippen LogP contribution in [0.1, 0.15) is 11.3 Å². The van der Waals surface area contributed by atoms with Crippen molar-refractivity contribution < 1.29 is 4.79 Å². The standard InChI is InChI=1S/C10H11ClOS2/c11-10-2-1-8(14-10)5-9(12)7-3-4-13-6-7/h1-2,7H,3-6H2. The fourth-order valence-electron chi connectivity index (χ4n) is 1.55. The average molecular weight is 247 g/mol. The van der Waals surface area contributed by atoms with Gasteiger partial charge >= 0.3 is 0 Å². The first-order chi connectivity index (χ1) is 6.75. The van der Waals surface area contributed by atoms with Crippen LogP contribution >= 0.6 is 34.7 Å². The maximum atomic E-state index is 11.8. The summed E-state index contributed by atoms with van der Waals surface area (Å²) in [7, 11) is 0. The van der Waals surface area contributed by atoms with Crippen molar-refractivity contribution in [2.24, 2.45) is 5.92 Å². The van der Waals surface area contributed by atoms with Gasteiger partial charge in [-0.25, -0.2) is 0 Å². The summed E-state index contributed by atoms with van der Waals surface area (Å²) >= 11 is 9.20. The smallest absolute Gasteiger partial charge is 0.142 e. The molecular weight excluding hydrogens is 236 g/mol. The molecule has 0 saturated carbocycles. The quantitative estimate of drug-likeness (QED) is 0.814. The van der Waals surface area contributed by atoms with E-state index in [2.05, 4.69) is 0 Å². The largest absolute Gasteiger partial charge is 0.299 e. The molecule has 0 spiro atoms. The monoisotopic (exact) mass is 246 g/mol. The van der Waals surface area contributed by atoms with E-state index in [-0.39, 0.29) is 0 Å². The Kier molecular flexibility index (Phi) is 3.52. The zero-order valence-corrected chi connectivity index (χ0v) is 10.1. The van der Waals surface area contributed by atoms with Crippen molar-refractivity contribution in [3.63, 3.8) is 0 Å². The first-order valence-corrected chi connectivity index (χ1v) is 6.95. The molecule has 0 aromatic carbocycles. The zero-order chi connectivity index (χ0) is 9.97. The van der Waals surface area contributed by atoms with Crippen molar-refractivity contribution in [1.29, 1.82) is 0 Å². The highest BCUT2D eigenvalue weighted by Gasteiger charge is 2.23. The summed E-state index contributed by atoms with van der Waals surface area (Å²) in [5.74, 6) is 2.83. The fourth-order valence-corrected chi connectivity index (χ4v) is 3.90. The first-order valence-electron chi connectivity index (χ1n) is 4.60. The maximum absolute atomic E-state index is 11.8. The van der Waals surface area contributed by atoms with Gasteiger partial charge in [0.15, 0.2) is 0 Å². The first kappa shape index (κ1) is 10.5. The molecule has 1 unspecified atom stereocenters. The van der Waals surface area contributed by atoms with E-state index in [0.717, 1.165) is 27.1 Å². The van der Waals surface area contributed by atoms with Gasteiger partial charge in [0.2, 0.25) is 0 Å². The van der Waals surface area contributed by atoms with E-state index in [9.17, 15) is 4.79 Å². The van der Waals surface area contributed by atoms with Crippen LogP contribution in [0.4, 0.5) is 0 Å². The molecule has 0 aliphatic carbocycles. The van der Waals surface area contributed by atoms with Gasteiger partial charge in [0, 0.05) is 23.0 Å². The molecule has 1 nitrogen and oxygen atoms in total. The second-order valence-corrected chi connectivity index (χ2v) is 6.36. The molecule has 0 N–H and O–H groups in total. The van der Waals surface area contributed by atoms with E-state index in [1.165, 1.54) is 11.3 Å². The molecule has 76 valence electrons. The third kappa shape index (κ3) is 2.53. The van der Waals surface area contributed by atoms with Gasteiger partial charge in [0.25, 0.3) is 0 Å². The lowest BCUT2D eigenvalue weighted by molar-refractivity contribution is -0.121. The summed E-state index contributed by atoms with van der Waals surface area (Å²) in [5, 5.41) is 0. The topological polar surface area (TPSA) is 17.1 Å². The van der Waals surface area contributed by atoms with E-state index < -0.39 is 0 Å². The summed E-state index contributed by atoms with van der Waals surface area (Å²) in [5.41, 5.74) is 0. The number of thiophene rings is 1. The van der Waals surface area contributed by atoms with Crippen LogP contribution in [-0.2, 0) is 11.2 Å². The number of carbonyl (C=O) groups excluding carboxylic acids is 1. The van der Waals surface area contributed by atoms with Gasteiger partial charge in [0.05, 0.1) is 4.34 Å². The van der Waals surface area contributed by atoms with Crippen molar-refractivity contribution in [2.75, 3.05) is 11.5 Å². The third-order valence-electron chi connectivity index (χ3n) is 2.36. The van der Waals surface area contributed by atoms with E-state index in [0.29, 0.717) is 18.1 Å². The van der Waals surface area contributed by atoms with Crippen LogP contribution in [0, 0.1) is 5.92 Å². The Bertz CT molecular complexity index is 329. The second-order valence-electron chi connectivity index (χ2n) is 3.41. The Balaban J connectivity index is 1.93. The molecule has 2 rings (SSSR count). The molecule has 0 radical (unpaired) electrons. The van der Waals surface area contributed by atoms with Crippen molar-refractivity contribution >= 4 is 40.5 Å². The number of ketones is 1. The molecule has 1 aliphatic rings. The van der Waals surface area contributed by atoms with Gasteiger partial charge in [-0.2, -0.15) is 11.8 Å². The molecule has 1 aromatic heterocycles. The Morgan fingerprint density at radius 3 is 3.00 bits per heavy atom. The van der Waals surface area contributed by atoms with Crippen LogP contribution in [-0.4, -0.2) is 17.3 Å². The fraction of sp³-hybridized carbons (Fsp3) is 0.500. The minimum atomic E-state index is 0.292. The molecule has 1 saturated heterocycles. The van der Waals surface area contributed by atoms with Gasteiger partial charge in [0.1, 0.15) is 5.78 Å². The van der Waals surface area contributed by atoms with Crippen LogP contribution in [0.2, 0.25) is 4.34 Å². The maximum Gasteiger partial charge on any atom is 0.142 e. The Labute approximate surface area is 96.8 Å². The van der Waals surface area contributed by atoms with Crippen LogP contribution in [0.25, 0.3) is 0 Å². The molecule has 2 heterocycles. The van der Waals surface area contributed by atoms with Gasteiger partial charge in [-0.15, -0.1) is 11.3 Å². The number of hydrogen-bond acceptors (Lipinski definition) is 3. The van der Waals surface area contributed by atoms with Gasteiger partial charge in [-0.05, 0) is 24.3 Å². The van der Waals surface area contributed by atoms with E-state index in [4.69, 9.17) is 11.6 Å². The van der Waals surface area contributed by atoms with E-state index in [1.54, 1.807) is 0 Å². The summed E-state index contributed by atoms with van der Waals surface area (Å²) in [6.07, 6.45) is 1.63. The Hall–Kier alpha value is 0.01000. The SMILES string of the molecule is O=C(Cc1ccc(Cl)s1)C1CCSC1. The van der Waals surface area contributed by atoms with E-state index >= 15 is 0 Å². The van der Waals surface area contributed by atoms with Crippen LogP contribution in [0.3, 0.4) is 0 Å². The summed E-state index contributed by atoms with van der Waals surface area (Å²) in [4.78, 5) is 12.9. The lowest BCUT2D eigenvalue weighted by Crippen LogP contribution is -2.15. The van der Waals surface area contributed by atoms with Crippen molar-refractivity contribution in [2.45, 2.75) is 12.8 Å². The Morgan fingerprint density at radius 2 is 2.43 bits per heavy atom. The van der Waals surface area contributed by atoms with Crippen LogP contribution in [0.15, 0.2) is 12.1 Å². The highest BCUT2D eigenvalue weighted by atomic mass is 35.5. The van der Waals surface area contributed by atoms with Crippen LogP contribution in [0.5, 0.6) is 0 Å². The minimum absolute atomic E-state index is 0.292. The van der Waals surface area contributed by atoms with E-state index in [1.807, 2.05) is 23.9 Å². The van der Waals surface area contributed by atoms with Crippen molar-refractivity contribution in [3.05, 3.63) is 21.3 Å². The molecule has 1 aliphatic heterocycles. The van der Waals surface area contributed by atoms with Crippen molar-refractivity contribution in [3.8, 4) is 0 Å². The van der Waals surface area contributed by atoms with Gasteiger partial charge in [-0.3, -0.25) is 4.79 Å². The van der Waals surface area contributed by atoms with Gasteiger partial charge in [-0.1, -0.05) is 11.6 Å². The number of thioether (sulfide) groups is 1. The predicted molar refractivity (Wildman–Crippen MR) is 63.5 cm³/mol. The molecule has 1 atom stereocenters. The minimum Gasteiger partial charge on any atom is -0.299 e. The Morgan fingerprint density at radius 1 is 1.57 bits per heavy atom. The molecule has 14 heavy (non-hydrogen) atoms. The number of Topliss-reactive ketones (excluding diaryl/α,β-unsaturated/α-hetero) is 1. The molecule has 0 amide bonds. The summed E-state index contributed by atoms with van der Waals surface area (Å²) in [6.45, 7) is 0. The molecule has 1 fully saturated rings. The van der Waals surface area contributed by atoms with Gasteiger partial charge < -0.3 is 0 Å². The van der Waals surface area contributed by atoms with Crippen molar-refractivity contribution in [1.82, 2.24) is 0 Å². The molecule has 4 heteroatoms. The summed E-state index contributed by atoms with van der Waals surface area (Å²) < 4.78 is 0.772. The molecular formula is C10H11ClOS2. The normalized spacial score (nSPS) is 21.4.